The minimum absolute atomic E-state index is 0.250. The average molecular weight is 129 g/mol. The Morgan fingerprint density at radius 2 is 1.78 bits per heavy atom. The molecule has 3 heteroatoms. The third kappa shape index (κ3) is 1.21. The SMILES string of the molecule is C1CN2CCC12.O=CO. The third-order valence-electron chi connectivity index (χ3n) is 2.02. The highest BCUT2D eigenvalue weighted by Crippen LogP contribution is 2.28. The van der Waals surface area contributed by atoms with Crippen molar-refractivity contribution in [2.45, 2.75) is 18.9 Å². The highest BCUT2D eigenvalue weighted by molar-refractivity contribution is 5.32. The monoisotopic (exact) mass is 129 g/mol. The molecule has 9 heavy (non-hydrogen) atoms. The maximum absolute atomic E-state index is 8.36. The van der Waals surface area contributed by atoms with E-state index in [0.29, 0.717) is 0 Å². The van der Waals surface area contributed by atoms with Crippen molar-refractivity contribution < 1.29 is 9.90 Å². The molecule has 0 amide bonds. The van der Waals surface area contributed by atoms with Crippen LogP contribution in [0.5, 0.6) is 0 Å². The van der Waals surface area contributed by atoms with Crippen LogP contribution in [0.1, 0.15) is 12.8 Å². The number of hydrogen-bond donors (Lipinski definition) is 1. The minimum Gasteiger partial charge on any atom is -0.483 e. The lowest BCUT2D eigenvalue weighted by Gasteiger charge is -2.50. The van der Waals surface area contributed by atoms with Crippen molar-refractivity contribution in [2.24, 2.45) is 0 Å². The topological polar surface area (TPSA) is 40.5 Å². The molecule has 1 N–H and O–H groups in total. The Morgan fingerprint density at radius 1 is 1.44 bits per heavy atom. The summed E-state index contributed by atoms with van der Waals surface area (Å²) in [7, 11) is 0. The van der Waals surface area contributed by atoms with Crippen LogP contribution < -0.4 is 0 Å². The second-order valence-corrected chi connectivity index (χ2v) is 2.37. The molecule has 2 saturated heterocycles. The quantitative estimate of drug-likeness (QED) is 0.474. The average Bonchev–Trinajstić information content (AvgIpc) is 1.81. The van der Waals surface area contributed by atoms with Crippen molar-refractivity contribution in [3.63, 3.8) is 0 Å². The fourth-order valence-corrected chi connectivity index (χ4v) is 1.24. The summed E-state index contributed by atoms with van der Waals surface area (Å²) in [6.07, 6.45) is 2.97. The van der Waals surface area contributed by atoms with Gasteiger partial charge in [0.2, 0.25) is 0 Å². The molecule has 0 saturated carbocycles. The molecule has 0 bridgehead atoms. The van der Waals surface area contributed by atoms with Crippen LogP contribution in [0.2, 0.25) is 0 Å². The largest absolute Gasteiger partial charge is 0.483 e. The molecule has 2 heterocycles. The standard InChI is InChI=1S/C5H9N.CH2O2/c1-3-6-4-2-5(1)6;2-1-3/h5H,1-4H2;1H,(H,2,3). The van der Waals surface area contributed by atoms with E-state index >= 15 is 0 Å². The van der Waals surface area contributed by atoms with Crippen LogP contribution in [0.3, 0.4) is 0 Å². The Hall–Kier alpha value is -0.570. The Kier molecular flexibility index (Phi) is 2.05. The maximum atomic E-state index is 8.36. The van der Waals surface area contributed by atoms with Gasteiger partial charge in [-0.25, -0.2) is 0 Å². The minimum atomic E-state index is -0.250. The number of nitrogens with zero attached hydrogens (tertiary/aromatic N) is 1. The van der Waals surface area contributed by atoms with E-state index in [4.69, 9.17) is 9.90 Å². The van der Waals surface area contributed by atoms with Crippen molar-refractivity contribution in [3.05, 3.63) is 0 Å². The first-order valence-corrected chi connectivity index (χ1v) is 3.20. The Balaban J connectivity index is 0.000000120. The first-order valence-electron chi connectivity index (χ1n) is 3.20. The first kappa shape index (κ1) is 6.55. The molecule has 0 atom stereocenters. The van der Waals surface area contributed by atoms with Crippen LogP contribution in [0.25, 0.3) is 0 Å². The molecule has 0 unspecified atom stereocenters. The fourth-order valence-electron chi connectivity index (χ4n) is 1.24. The molecular weight excluding hydrogens is 118 g/mol. The Labute approximate surface area is 54.3 Å². The van der Waals surface area contributed by atoms with Gasteiger partial charge < -0.3 is 10.0 Å². The zero-order chi connectivity index (χ0) is 6.69. The predicted molar refractivity (Wildman–Crippen MR) is 33.3 cm³/mol. The summed E-state index contributed by atoms with van der Waals surface area (Å²) >= 11 is 0. The summed E-state index contributed by atoms with van der Waals surface area (Å²) in [5.41, 5.74) is 0. The molecule has 0 radical (unpaired) electrons. The third-order valence-corrected chi connectivity index (χ3v) is 2.02. The number of piperidine rings is 1. The summed E-state index contributed by atoms with van der Waals surface area (Å²) < 4.78 is 0. The van der Waals surface area contributed by atoms with E-state index in [-0.39, 0.29) is 6.47 Å². The van der Waals surface area contributed by atoms with Gasteiger partial charge in [0, 0.05) is 6.04 Å². The van der Waals surface area contributed by atoms with Gasteiger partial charge in [-0.3, -0.25) is 4.79 Å². The van der Waals surface area contributed by atoms with Crippen molar-refractivity contribution in [3.8, 4) is 0 Å². The normalized spacial score (nSPS) is 24.0. The molecule has 2 aliphatic heterocycles. The molecular formula is C6H11NO2. The van der Waals surface area contributed by atoms with Crippen molar-refractivity contribution in [1.82, 2.24) is 4.90 Å². The molecule has 0 spiro atoms. The van der Waals surface area contributed by atoms with Crippen LogP contribution >= 0.6 is 0 Å². The zero-order valence-corrected chi connectivity index (χ0v) is 5.29. The molecule has 2 fully saturated rings. The van der Waals surface area contributed by atoms with Gasteiger partial charge in [-0.1, -0.05) is 0 Å². The molecule has 0 aromatic rings. The van der Waals surface area contributed by atoms with Crippen molar-refractivity contribution >= 4 is 6.47 Å². The van der Waals surface area contributed by atoms with Crippen LogP contribution in [0.15, 0.2) is 0 Å². The second-order valence-electron chi connectivity index (χ2n) is 2.37. The number of fused-ring (bicyclic) bond motifs is 1. The van der Waals surface area contributed by atoms with E-state index in [1.54, 1.807) is 0 Å². The van der Waals surface area contributed by atoms with Crippen LogP contribution in [0.4, 0.5) is 0 Å². The van der Waals surface area contributed by atoms with Gasteiger partial charge >= 0.3 is 0 Å². The lowest BCUT2D eigenvalue weighted by atomic mass is 9.91. The van der Waals surface area contributed by atoms with E-state index in [2.05, 4.69) is 4.90 Å². The van der Waals surface area contributed by atoms with Gasteiger partial charge in [0.25, 0.3) is 6.47 Å². The van der Waals surface area contributed by atoms with Gasteiger partial charge in [-0.2, -0.15) is 0 Å². The number of carbonyl (C=O) groups is 1. The van der Waals surface area contributed by atoms with Gasteiger partial charge in [-0.15, -0.1) is 0 Å². The number of rotatable bonds is 0. The molecule has 3 nitrogen and oxygen atoms in total. The smallest absolute Gasteiger partial charge is 0.290 e. The van der Waals surface area contributed by atoms with E-state index in [0.717, 1.165) is 6.04 Å². The predicted octanol–water partition coefficient (Wildman–Crippen LogP) is 0.165. The molecule has 0 aliphatic carbocycles. The Morgan fingerprint density at radius 3 is 1.78 bits per heavy atom. The van der Waals surface area contributed by atoms with Crippen molar-refractivity contribution in [1.29, 1.82) is 0 Å². The van der Waals surface area contributed by atoms with E-state index in [9.17, 15) is 0 Å². The molecule has 52 valence electrons. The van der Waals surface area contributed by atoms with E-state index < -0.39 is 0 Å². The molecule has 0 aromatic carbocycles. The lowest BCUT2D eigenvalue weighted by molar-refractivity contribution is -0.122. The summed E-state index contributed by atoms with van der Waals surface area (Å²) in [6.45, 7) is 2.54. The van der Waals surface area contributed by atoms with Crippen LogP contribution in [-0.2, 0) is 4.79 Å². The van der Waals surface area contributed by atoms with Crippen LogP contribution in [-0.4, -0.2) is 35.6 Å². The highest BCUT2D eigenvalue weighted by Gasteiger charge is 2.34. The summed E-state index contributed by atoms with van der Waals surface area (Å²) in [4.78, 5) is 10.9. The number of carboxylic acid groups (broad SMARTS) is 1. The van der Waals surface area contributed by atoms with Gasteiger partial charge in [0.1, 0.15) is 0 Å². The molecule has 2 rings (SSSR count). The lowest BCUT2D eigenvalue weighted by Crippen LogP contribution is -2.57. The molecule has 0 aromatic heterocycles. The van der Waals surface area contributed by atoms with E-state index in [1.165, 1.54) is 25.9 Å². The zero-order valence-electron chi connectivity index (χ0n) is 5.29. The second kappa shape index (κ2) is 2.82. The van der Waals surface area contributed by atoms with Gasteiger partial charge in [0.05, 0.1) is 0 Å². The summed E-state index contributed by atoms with van der Waals surface area (Å²) in [6, 6.07) is 1.05. The van der Waals surface area contributed by atoms with Gasteiger partial charge in [0.15, 0.2) is 0 Å². The van der Waals surface area contributed by atoms with Gasteiger partial charge in [-0.05, 0) is 25.9 Å². The fraction of sp³-hybridized carbons (Fsp3) is 0.833. The maximum Gasteiger partial charge on any atom is 0.290 e. The molecule has 2 aliphatic rings. The van der Waals surface area contributed by atoms with E-state index in [1.807, 2.05) is 0 Å². The van der Waals surface area contributed by atoms with Crippen LogP contribution in [0, 0.1) is 0 Å². The van der Waals surface area contributed by atoms with Crippen molar-refractivity contribution in [2.75, 3.05) is 13.1 Å². The summed E-state index contributed by atoms with van der Waals surface area (Å²) in [5.74, 6) is 0. The Bertz CT molecular complexity index is 87.2. The number of hydrogen-bond acceptors (Lipinski definition) is 2. The highest BCUT2D eigenvalue weighted by atomic mass is 16.3. The summed E-state index contributed by atoms with van der Waals surface area (Å²) in [5, 5.41) is 6.89. The first-order chi connectivity index (χ1) is 4.38.